The number of methoxy groups -OCH3 is 3. The first-order valence-electron chi connectivity index (χ1n) is 12.6. The summed E-state index contributed by atoms with van der Waals surface area (Å²) in [7, 11) is 5.13. The first kappa shape index (κ1) is 35.5. The Kier molecular flexibility index (Phi) is 19.0. The fraction of sp³-hybridized carbons (Fsp3) is 1.00. The third-order valence-electron chi connectivity index (χ3n) is 5.66. The Balaban J connectivity index is 0. The van der Waals surface area contributed by atoms with E-state index in [0.29, 0.717) is 36.3 Å². The second-order valence-electron chi connectivity index (χ2n) is 10.6. The summed E-state index contributed by atoms with van der Waals surface area (Å²) in [4.78, 5) is 8.06. The summed E-state index contributed by atoms with van der Waals surface area (Å²) in [5.74, 6) is -0.118. The average Bonchev–Trinajstić information content (AvgIpc) is 2.60. The van der Waals surface area contributed by atoms with Gasteiger partial charge in [0.2, 0.25) is 0 Å². The zero-order valence-corrected chi connectivity index (χ0v) is 26.3. The number of nitrogens with zero attached hydrogens (tertiary/aromatic N) is 3. The Morgan fingerprint density at radius 1 is 0.485 bits per heavy atom. The van der Waals surface area contributed by atoms with Crippen LogP contribution in [0.5, 0.6) is 0 Å². The molecule has 0 radical (unpaired) electrons. The minimum atomic E-state index is -0.774. The average molecular weight is 515 g/mol. The van der Waals surface area contributed by atoms with E-state index in [-0.39, 0.29) is 5.79 Å². The van der Waals surface area contributed by atoms with Gasteiger partial charge in [-0.3, -0.25) is 14.7 Å². The summed E-state index contributed by atoms with van der Waals surface area (Å²) < 4.78 is 15.0. The van der Waals surface area contributed by atoms with Crippen LogP contribution in [0.1, 0.15) is 90.0 Å². The van der Waals surface area contributed by atoms with E-state index >= 15 is 0 Å². The van der Waals surface area contributed by atoms with E-state index in [2.05, 4.69) is 105 Å². The van der Waals surface area contributed by atoms with Gasteiger partial charge < -0.3 is 0 Å². The Morgan fingerprint density at radius 2 is 0.667 bits per heavy atom. The molecule has 0 saturated heterocycles. The number of hydrogen-bond donors (Lipinski definition) is 0. The maximum absolute atomic E-state index is 5.00. The van der Waals surface area contributed by atoms with Gasteiger partial charge in [0.15, 0.2) is 0 Å². The van der Waals surface area contributed by atoms with Crippen molar-refractivity contribution in [1.82, 2.24) is 14.7 Å². The van der Waals surface area contributed by atoms with E-state index in [4.69, 9.17) is 14.2 Å². The molecule has 6 nitrogen and oxygen atoms in total. The van der Waals surface area contributed by atoms with E-state index in [1.54, 1.807) is 21.3 Å². The van der Waals surface area contributed by atoms with E-state index in [0.717, 1.165) is 16.4 Å². The van der Waals surface area contributed by atoms with Crippen LogP contribution in [0.4, 0.5) is 0 Å². The molecule has 0 heterocycles. The molecule has 0 N–H and O–H groups in total. The van der Waals surface area contributed by atoms with Crippen molar-refractivity contribution in [3.05, 3.63) is 0 Å². The second kappa shape index (κ2) is 17.7. The predicted octanol–water partition coefficient (Wildman–Crippen LogP) is 5.43. The molecule has 0 rings (SSSR count). The molecular formula is C26H60CrN3O3. The third-order valence-corrected chi connectivity index (χ3v) is 8.32. The van der Waals surface area contributed by atoms with Crippen LogP contribution in [0, 0.1) is 0 Å². The van der Waals surface area contributed by atoms with Crippen molar-refractivity contribution in [3.63, 3.8) is 0 Å². The van der Waals surface area contributed by atoms with Crippen LogP contribution in [0.25, 0.3) is 0 Å². The van der Waals surface area contributed by atoms with Crippen LogP contribution in [0.15, 0.2) is 0 Å². The van der Waals surface area contributed by atoms with Crippen LogP contribution < -0.4 is 0 Å². The molecule has 0 amide bonds. The zero-order valence-electron chi connectivity index (χ0n) is 25.1. The molecule has 203 valence electrons. The predicted molar refractivity (Wildman–Crippen MR) is 140 cm³/mol. The SMILES string of the molecule is CC(C)N(C(C)C)C(C)(N(C(C)C)C(C)C)N(C(C)C)C(C)C.CO[CH2][Cr]([CH2]OC)[CH2]OC. The molecule has 0 aliphatic heterocycles. The fourth-order valence-electron chi connectivity index (χ4n) is 5.73. The van der Waals surface area contributed by atoms with Gasteiger partial charge in [0, 0.05) is 36.3 Å². The molecule has 33 heavy (non-hydrogen) atoms. The summed E-state index contributed by atoms with van der Waals surface area (Å²) in [5, 5.41) is 0. The van der Waals surface area contributed by atoms with E-state index in [9.17, 15) is 0 Å². The minimum absolute atomic E-state index is 0.118. The molecule has 0 saturated carbocycles. The van der Waals surface area contributed by atoms with Crippen LogP contribution in [0.3, 0.4) is 0 Å². The second-order valence-corrected chi connectivity index (χ2v) is 13.6. The van der Waals surface area contributed by atoms with Gasteiger partial charge in [0.05, 0.1) is 0 Å². The van der Waals surface area contributed by atoms with Crippen molar-refractivity contribution in [2.45, 2.75) is 132 Å². The molecule has 0 aromatic carbocycles. The molecule has 0 aliphatic rings. The summed E-state index contributed by atoms with van der Waals surface area (Å²) in [6.45, 7) is 30.4. The summed E-state index contributed by atoms with van der Waals surface area (Å²) >= 11 is -0.774. The van der Waals surface area contributed by atoms with Gasteiger partial charge >= 0.3 is 66.1 Å². The van der Waals surface area contributed by atoms with Gasteiger partial charge in [-0.25, -0.2) is 0 Å². The van der Waals surface area contributed by atoms with E-state index in [1.807, 2.05) is 0 Å². The van der Waals surface area contributed by atoms with Crippen molar-refractivity contribution in [2.24, 2.45) is 0 Å². The molecule has 0 fully saturated rings. The maximum atomic E-state index is 5.00. The van der Waals surface area contributed by atoms with Gasteiger partial charge in [0.25, 0.3) is 0 Å². The first-order valence-corrected chi connectivity index (χ1v) is 15.3. The zero-order chi connectivity index (χ0) is 26.5. The molecular weight excluding hydrogens is 454 g/mol. The van der Waals surface area contributed by atoms with E-state index in [1.165, 1.54) is 0 Å². The summed E-state index contributed by atoms with van der Waals surface area (Å²) in [6.07, 6.45) is 0. The Hall–Kier alpha value is 0.292. The van der Waals surface area contributed by atoms with Gasteiger partial charge in [-0.1, -0.05) is 0 Å². The fourth-order valence-corrected chi connectivity index (χ4v) is 7.61. The van der Waals surface area contributed by atoms with Gasteiger partial charge in [-0.15, -0.1) is 0 Å². The van der Waals surface area contributed by atoms with Gasteiger partial charge in [-0.05, 0) is 90.0 Å². The monoisotopic (exact) mass is 514 g/mol. The van der Waals surface area contributed by atoms with Crippen molar-refractivity contribution < 1.29 is 28.4 Å². The molecule has 0 aromatic heterocycles. The number of ether oxygens (including phenoxy) is 3. The van der Waals surface area contributed by atoms with Crippen LogP contribution in [-0.2, 0) is 28.4 Å². The number of rotatable bonds is 15. The van der Waals surface area contributed by atoms with Crippen molar-refractivity contribution in [1.29, 1.82) is 0 Å². The van der Waals surface area contributed by atoms with Crippen LogP contribution in [-0.4, -0.2) is 94.5 Å². The molecule has 0 aliphatic carbocycles. The Morgan fingerprint density at radius 3 is 0.788 bits per heavy atom. The van der Waals surface area contributed by atoms with Gasteiger partial charge in [0.1, 0.15) is 5.79 Å². The van der Waals surface area contributed by atoms with Crippen LogP contribution >= 0.6 is 0 Å². The molecule has 7 heteroatoms. The quantitative estimate of drug-likeness (QED) is 0.271. The van der Waals surface area contributed by atoms with Crippen molar-refractivity contribution in [3.8, 4) is 0 Å². The molecule has 0 spiro atoms. The summed E-state index contributed by atoms with van der Waals surface area (Å²) in [6, 6.07) is 2.92. The summed E-state index contributed by atoms with van der Waals surface area (Å²) in [5.41, 5.74) is 2.46. The Labute approximate surface area is 212 Å². The topological polar surface area (TPSA) is 37.4 Å². The van der Waals surface area contributed by atoms with Crippen molar-refractivity contribution >= 4 is 0 Å². The van der Waals surface area contributed by atoms with Crippen molar-refractivity contribution in [2.75, 3.05) is 37.7 Å². The molecule has 0 unspecified atom stereocenters. The molecule has 0 bridgehead atoms. The molecule has 0 aromatic rings. The third kappa shape index (κ3) is 11.3. The van der Waals surface area contributed by atoms with E-state index < -0.39 is 14.1 Å². The number of hydrogen-bond acceptors (Lipinski definition) is 6. The van der Waals surface area contributed by atoms with Crippen LogP contribution in [0.2, 0.25) is 0 Å². The first-order chi connectivity index (χ1) is 15.1. The molecule has 0 atom stereocenters. The Bertz CT molecular complexity index is 385. The standard InChI is InChI=1S/C20H45N3.3C2H5O.Cr/c1-14(2)21(15(3)4)20(13,22(16(5)6)17(7)8)23(18(9)10)19(11)12;3*1-3-2;/h14-19H,1-13H3;3*1H2,2H3;. The van der Waals surface area contributed by atoms with Gasteiger partial charge in [-0.2, -0.15) is 0 Å². The normalized spacial score (nSPS) is 13.3.